The quantitative estimate of drug-likeness (QED) is 0.258. The molecule has 1 aliphatic carbocycles. The number of aromatic amines is 1. The maximum Gasteiger partial charge on any atom is 0.408 e. The summed E-state index contributed by atoms with van der Waals surface area (Å²) in [6, 6.07) is 6.31. The Hall–Kier alpha value is -3.23. The SMILES string of the molecule is CCC1CCN(C(=O)C(NC(=O)OC2(C)CCCC2CCCCCc2nc3ccccc3[nH]c2=O)C(C)(C)C)C1C(=O)C(C)C. The number of Topliss-reactive ketones (excluding diaryl/α,β-unsaturated/α-hetero) is 1. The van der Waals surface area contributed by atoms with Gasteiger partial charge in [0, 0.05) is 12.5 Å². The Morgan fingerprint density at radius 2 is 1.87 bits per heavy atom. The largest absolute Gasteiger partial charge is 0.443 e. The molecule has 9 heteroatoms. The summed E-state index contributed by atoms with van der Waals surface area (Å²) in [4.78, 5) is 62.2. The van der Waals surface area contributed by atoms with Crippen LogP contribution in [0.15, 0.2) is 29.1 Å². The number of benzene rings is 1. The second-order valence-electron chi connectivity index (χ2n) is 14.9. The number of carbonyl (C=O) groups is 3. The maximum atomic E-state index is 14.0. The molecule has 5 atom stereocenters. The predicted octanol–water partition coefficient (Wildman–Crippen LogP) is 6.58. The lowest BCUT2D eigenvalue weighted by Gasteiger charge is -2.38. The summed E-state index contributed by atoms with van der Waals surface area (Å²) in [6.45, 7) is 14.2. The highest BCUT2D eigenvalue weighted by Crippen LogP contribution is 2.42. The Morgan fingerprint density at radius 1 is 1.13 bits per heavy atom. The number of ketones is 1. The molecule has 45 heavy (non-hydrogen) atoms. The summed E-state index contributed by atoms with van der Waals surface area (Å²) in [5, 5.41) is 2.94. The van der Waals surface area contributed by atoms with Gasteiger partial charge in [0.15, 0.2) is 5.78 Å². The molecular weight excluding hydrogens is 568 g/mol. The normalized spacial score (nSPS) is 24.3. The van der Waals surface area contributed by atoms with Crippen LogP contribution < -0.4 is 10.9 Å². The number of fused-ring (bicyclic) bond motifs is 1. The van der Waals surface area contributed by atoms with Crippen molar-refractivity contribution in [3.8, 4) is 0 Å². The molecular formula is C36H54N4O5. The standard InChI is InChI=1S/C36H54N4O5/c1-8-24-20-22-40(29(24)30(41)23(2)3)33(43)31(35(4,5)6)39-34(44)45-36(7)21-14-16-25(36)15-10-9-11-19-28-32(42)38-27-18-13-12-17-26(27)37-28/h12-13,17-18,23-25,29,31H,8-11,14-16,19-22H2,1-7H3,(H,38,42)(H,39,44). The van der Waals surface area contributed by atoms with Gasteiger partial charge in [-0.3, -0.25) is 14.4 Å². The molecule has 2 amide bonds. The van der Waals surface area contributed by atoms with Crippen molar-refractivity contribution in [2.24, 2.45) is 23.2 Å². The fraction of sp³-hybridized carbons (Fsp3) is 0.694. The second-order valence-corrected chi connectivity index (χ2v) is 14.9. The number of amides is 2. The number of rotatable bonds is 12. The molecule has 1 aromatic carbocycles. The molecule has 9 nitrogen and oxygen atoms in total. The molecule has 1 aliphatic heterocycles. The third-order valence-electron chi connectivity index (χ3n) is 10.1. The average molecular weight is 623 g/mol. The highest BCUT2D eigenvalue weighted by atomic mass is 16.6. The lowest BCUT2D eigenvalue weighted by molar-refractivity contribution is -0.143. The van der Waals surface area contributed by atoms with Gasteiger partial charge in [-0.15, -0.1) is 0 Å². The average Bonchev–Trinajstić information content (AvgIpc) is 3.57. The number of aromatic nitrogens is 2. The van der Waals surface area contributed by atoms with Gasteiger partial charge in [-0.05, 0) is 81.3 Å². The zero-order valence-electron chi connectivity index (χ0n) is 28.4. The minimum atomic E-state index is -0.807. The van der Waals surface area contributed by atoms with E-state index in [4.69, 9.17) is 4.74 Å². The lowest BCUT2D eigenvalue weighted by Crippen LogP contribution is -2.58. The maximum absolute atomic E-state index is 14.0. The Morgan fingerprint density at radius 3 is 2.56 bits per heavy atom. The minimum Gasteiger partial charge on any atom is -0.443 e. The number of hydrogen-bond donors (Lipinski definition) is 2. The smallest absolute Gasteiger partial charge is 0.408 e. The molecule has 0 bridgehead atoms. The summed E-state index contributed by atoms with van der Waals surface area (Å²) in [6.07, 6.45) is 8.16. The zero-order valence-corrected chi connectivity index (χ0v) is 28.4. The van der Waals surface area contributed by atoms with Gasteiger partial charge in [-0.25, -0.2) is 9.78 Å². The van der Waals surface area contributed by atoms with E-state index in [9.17, 15) is 19.2 Å². The van der Waals surface area contributed by atoms with Crippen LogP contribution in [0.1, 0.15) is 112 Å². The molecule has 1 aromatic heterocycles. The monoisotopic (exact) mass is 622 g/mol. The number of unbranched alkanes of at least 4 members (excludes halogenated alkanes) is 2. The summed E-state index contributed by atoms with van der Waals surface area (Å²) in [7, 11) is 0. The van der Waals surface area contributed by atoms with E-state index < -0.39 is 29.2 Å². The minimum absolute atomic E-state index is 0.0876. The molecule has 0 radical (unpaired) electrons. The number of H-pyrrole nitrogens is 1. The molecule has 4 rings (SSSR count). The summed E-state index contributed by atoms with van der Waals surface area (Å²) >= 11 is 0. The van der Waals surface area contributed by atoms with E-state index >= 15 is 0 Å². The topological polar surface area (TPSA) is 121 Å². The van der Waals surface area contributed by atoms with Gasteiger partial charge < -0.3 is 19.9 Å². The van der Waals surface area contributed by atoms with Crippen LogP contribution >= 0.6 is 0 Å². The highest BCUT2D eigenvalue weighted by Gasteiger charge is 2.47. The van der Waals surface area contributed by atoms with Gasteiger partial charge in [0.1, 0.15) is 17.3 Å². The fourth-order valence-electron chi connectivity index (χ4n) is 7.32. The molecule has 2 heterocycles. The molecule has 1 saturated heterocycles. The summed E-state index contributed by atoms with van der Waals surface area (Å²) in [5.41, 5.74) is 0.823. The van der Waals surface area contributed by atoms with Crippen LogP contribution in [-0.4, -0.2) is 56.9 Å². The number of nitrogens with one attached hydrogen (secondary N) is 2. The number of aryl methyl sites for hydroxylation is 1. The van der Waals surface area contributed by atoms with Crippen molar-refractivity contribution in [2.45, 2.75) is 130 Å². The van der Waals surface area contributed by atoms with Gasteiger partial charge in [-0.1, -0.05) is 72.9 Å². The summed E-state index contributed by atoms with van der Waals surface area (Å²) < 4.78 is 6.14. The van der Waals surface area contributed by atoms with Crippen molar-refractivity contribution >= 4 is 28.8 Å². The first kappa shape index (κ1) is 34.6. The van der Waals surface area contributed by atoms with Crippen molar-refractivity contribution in [3.63, 3.8) is 0 Å². The molecule has 5 unspecified atom stereocenters. The van der Waals surface area contributed by atoms with Crippen molar-refractivity contribution in [1.82, 2.24) is 20.2 Å². The molecule has 1 saturated carbocycles. The van der Waals surface area contributed by atoms with Crippen molar-refractivity contribution in [3.05, 3.63) is 40.3 Å². The van der Waals surface area contributed by atoms with Gasteiger partial charge in [0.05, 0.1) is 17.1 Å². The van der Waals surface area contributed by atoms with Gasteiger partial charge in [0.25, 0.3) is 5.56 Å². The number of likely N-dealkylation sites (tertiary alicyclic amines) is 1. The first-order valence-electron chi connectivity index (χ1n) is 17.1. The van der Waals surface area contributed by atoms with Crippen molar-refractivity contribution in [2.75, 3.05) is 6.54 Å². The first-order valence-corrected chi connectivity index (χ1v) is 17.1. The van der Waals surface area contributed by atoms with Crippen LogP contribution in [0.4, 0.5) is 4.79 Å². The Balaban J connectivity index is 1.33. The Bertz CT molecular complexity index is 1410. The van der Waals surface area contributed by atoms with E-state index in [0.29, 0.717) is 18.7 Å². The number of para-hydroxylation sites is 2. The van der Waals surface area contributed by atoms with Crippen LogP contribution in [-0.2, 0) is 20.7 Å². The van der Waals surface area contributed by atoms with E-state index in [0.717, 1.165) is 68.8 Å². The molecule has 0 spiro atoms. The van der Waals surface area contributed by atoms with E-state index in [2.05, 4.69) is 22.2 Å². The molecule has 248 valence electrons. The van der Waals surface area contributed by atoms with E-state index in [1.54, 1.807) is 4.90 Å². The van der Waals surface area contributed by atoms with Crippen LogP contribution in [0, 0.1) is 23.2 Å². The third kappa shape index (κ3) is 8.14. The van der Waals surface area contributed by atoms with Crippen LogP contribution in [0.3, 0.4) is 0 Å². The third-order valence-corrected chi connectivity index (χ3v) is 10.1. The van der Waals surface area contributed by atoms with Crippen LogP contribution in [0.5, 0.6) is 0 Å². The number of hydrogen-bond acceptors (Lipinski definition) is 6. The highest BCUT2D eigenvalue weighted by molar-refractivity contribution is 5.94. The van der Waals surface area contributed by atoms with Gasteiger partial charge in [0.2, 0.25) is 5.91 Å². The molecule has 2 aromatic rings. The Kier molecular flexibility index (Phi) is 11.1. The fourth-order valence-corrected chi connectivity index (χ4v) is 7.32. The first-order chi connectivity index (χ1) is 21.2. The lowest BCUT2D eigenvalue weighted by atomic mass is 9.84. The van der Waals surface area contributed by atoms with E-state index in [1.165, 1.54) is 0 Å². The number of ether oxygens (including phenoxy) is 1. The molecule has 2 fully saturated rings. The van der Waals surface area contributed by atoms with Gasteiger partial charge in [-0.2, -0.15) is 0 Å². The van der Waals surface area contributed by atoms with Crippen molar-refractivity contribution in [1.29, 1.82) is 0 Å². The predicted molar refractivity (Wildman–Crippen MR) is 177 cm³/mol. The van der Waals surface area contributed by atoms with Crippen molar-refractivity contribution < 1.29 is 19.1 Å². The number of alkyl carbamates (subject to hydrolysis) is 1. The van der Waals surface area contributed by atoms with Gasteiger partial charge >= 0.3 is 6.09 Å². The zero-order chi connectivity index (χ0) is 32.9. The summed E-state index contributed by atoms with van der Waals surface area (Å²) in [5.74, 6) is 0.0813. The van der Waals surface area contributed by atoms with E-state index in [1.807, 2.05) is 65.8 Å². The second kappa shape index (κ2) is 14.5. The van der Waals surface area contributed by atoms with Crippen LogP contribution in [0.25, 0.3) is 11.0 Å². The molecule has 2 aliphatic rings. The Labute approximate surface area is 268 Å². The number of carbonyl (C=O) groups excluding carboxylic acids is 3. The van der Waals surface area contributed by atoms with E-state index in [-0.39, 0.29) is 35.0 Å². The molecule has 2 N–H and O–H groups in total. The van der Waals surface area contributed by atoms with Crippen LogP contribution in [0.2, 0.25) is 0 Å². The number of nitrogens with zero attached hydrogens (tertiary/aromatic N) is 2.